The number of halogens is 3. The van der Waals surface area contributed by atoms with E-state index in [0.29, 0.717) is 5.56 Å². The third-order valence-corrected chi connectivity index (χ3v) is 2.05. The molecule has 16 heavy (non-hydrogen) atoms. The van der Waals surface area contributed by atoms with E-state index in [1.807, 2.05) is 5.32 Å². The van der Waals surface area contributed by atoms with Gasteiger partial charge in [0.25, 0.3) is 0 Å². The molecule has 0 aliphatic rings. The lowest BCUT2D eigenvalue weighted by molar-refractivity contribution is -0.213. The molecular formula is C10H13F3N2O. The molecule has 0 bridgehead atoms. The maximum absolute atomic E-state index is 11.9. The van der Waals surface area contributed by atoms with Crippen LogP contribution in [0.5, 0.6) is 0 Å². The summed E-state index contributed by atoms with van der Waals surface area (Å²) in [6.07, 6.45) is -7.12. The van der Waals surface area contributed by atoms with Crippen LogP contribution in [0.15, 0.2) is 24.3 Å². The Morgan fingerprint density at radius 2 is 1.81 bits per heavy atom. The highest BCUT2D eigenvalue weighted by molar-refractivity contribution is 5.43. The third kappa shape index (κ3) is 3.71. The van der Waals surface area contributed by atoms with Crippen LogP contribution in [0.3, 0.4) is 0 Å². The number of nitrogens with one attached hydrogen (secondary N) is 2. The van der Waals surface area contributed by atoms with Gasteiger partial charge in [-0.05, 0) is 17.7 Å². The minimum absolute atomic E-state index is 0.0370. The van der Waals surface area contributed by atoms with E-state index in [1.165, 1.54) is 0 Å². The average molecular weight is 234 g/mol. The Labute approximate surface area is 91.3 Å². The van der Waals surface area contributed by atoms with Gasteiger partial charge in [0.15, 0.2) is 0 Å². The van der Waals surface area contributed by atoms with Gasteiger partial charge in [0.2, 0.25) is 6.23 Å². The number of rotatable bonds is 4. The topological polar surface area (TPSA) is 44.3 Å². The second kappa shape index (κ2) is 5.18. The molecule has 1 aromatic rings. The third-order valence-electron chi connectivity index (χ3n) is 2.05. The molecule has 6 heteroatoms. The van der Waals surface area contributed by atoms with Crippen LogP contribution in [0.25, 0.3) is 0 Å². The van der Waals surface area contributed by atoms with Gasteiger partial charge in [-0.1, -0.05) is 12.1 Å². The van der Waals surface area contributed by atoms with E-state index in [4.69, 9.17) is 5.11 Å². The van der Waals surface area contributed by atoms with Crippen LogP contribution in [0, 0.1) is 0 Å². The first kappa shape index (κ1) is 12.8. The molecule has 0 amide bonds. The first-order valence-electron chi connectivity index (χ1n) is 4.68. The number of anilines is 1. The van der Waals surface area contributed by atoms with Crippen molar-refractivity contribution in [1.82, 2.24) is 5.32 Å². The molecule has 0 fully saturated rings. The lowest BCUT2D eigenvalue weighted by atomic mass is 10.2. The number of aliphatic hydroxyl groups excluding tert-OH is 1. The molecule has 90 valence electrons. The summed E-state index contributed by atoms with van der Waals surface area (Å²) in [7, 11) is 1.75. The summed E-state index contributed by atoms with van der Waals surface area (Å²) in [4.78, 5) is 0. The quantitative estimate of drug-likeness (QED) is 0.695. The molecule has 3 nitrogen and oxygen atoms in total. The van der Waals surface area contributed by atoms with Gasteiger partial charge in [-0.3, -0.25) is 5.32 Å². The zero-order valence-electron chi connectivity index (χ0n) is 8.67. The van der Waals surface area contributed by atoms with Crippen molar-refractivity contribution in [1.29, 1.82) is 0 Å². The Kier molecular flexibility index (Phi) is 4.14. The van der Waals surface area contributed by atoms with E-state index in [9.17, 15) is 13.2 Å². The molecule has 3 N–H and O–H groups in total. The number of benzene rings is 1. The number of aliphatic hydroxyl groups is 1. The predicted octanol–water partition coefficient (Wildman–Crippen LogP) is 1.70. The molecule has 0 saturated carbocycles. The summed E-state index contributed by atoms with van der Waals surface area (Å²) in [5, 5.41) is 13.6. The van der Waals surface area contributed by atoms with Crippen LogP contribution >= 0.6 is 0 Å². The summed E-state index contributed by atoms with van der Waals surface area (Å²) >= 11 is 0. The first-order valence-corrected chi connectivity index (χ1v) is 4.68. The molecule has 0 heterocycles. The summed E-state index contributed by atoms with van der Waals surface area (Å²) in [5.74, 6) is 0. The van der Waals surface area contributed by atoms with Gasteiger partial charge >= 0.3 is 6.18 Å². The normalized spacial score (nSPS) is 13.6. The van der Waals surface area contributed by atoms with E-state index in [2.05, 4.69) is 5.32 Å². The molecule has 0 aliphatic heterocycles. The lowest BCUT2D eigenvalue weighted by Gasteiger charge is -2.15. The van der Waals surface area contributed by atoms with Crippen molar-refractivity contribution in [3.05, 3.63) is 29.8 Å². The Balaban J connectivity index is 2.48. The van der Waals surface area contributed by atoms with Crippen molar-refractivity contribution in [2.45, 2.75) is 18.9 Å². The van der Waals surface area contributed by atoms with Crippen molar-refractivity contribution in [2.24, 2.45) is 0 Å². The Hall–Kier alpha value is -1.27. The highest BCUT2D eigenvalue weighted by atomic mass is 19.4. The zero-order valence-corrected chi connectivity index (χ0v) is 8.67. The highest BCUT2D eigenvalue weighted by Crippen LogP contribution is 2.18. The first-order chi connectivity index (χ1) is 7.43. The molecule has 0 spiro atoms. The van der Waals surface area contributed by atoms with Crippen LogP contribution < -0.4 is 10.6 Å². The SMILES string of the molecule is CNc1ccc(CNC(O)C(F)(F)F)cc1. The fourth-order valence-corrected chi connectivity index (χ4v) is 1.12. The largest absolute Gasteiger partial charge is 0.427 e. The van der Waals surface area contributed by atoms with Crippen molar-refractivity contribution in [3.8, 4) is 0 Å². The van der Waals surface area contributed by atoms with Gasteiger partial charge in [0, 0.05) is 19.3 Å². The molecule has 1 rings (SSSR count). The summed E-state index contributed by atoms with van der Waals surface area (Å²) in [6.45, 7) is -0.0370. The minimum Gasteiger partial charge on any atom is -0.388 e. The van der Waals surface area contributed by atoms with Crippen LogP contribution in [0.1, 0.15) is 5.56 Å². The Morgan fingerprint density at radius 1 is 1.25 bits per heavy atom. The van der Waals surface area contributed by atoms with Crippen LogP contribution in [0.4, 0.5) is 18.9 Å². The summed E-state index contributed by atoms with van der Waals surface area (Å²) < 4.78 is 35.8. The van der Waals surface area contributed by atoms with E-state index in [-0.39, 0.29) is 6.54 Å². The van der Waals surface area contributed by atoms with E-state index < -0.39 is 12.4 Å². The van der Waals surface area contributed by atoms with Crippen LogP contribution in [-0.2, 0) is 6.54 Å². The second-order valence-corrected chi connectivity index (χ2v) is 3.27. The lowest BCUT2D eigenvalue weighted by Crippen LogP contribution is -2.41. The van der Waals surface area contributed by atoms with Gasteiger partial charge in [0.05, 0.1) is 0 Å². The molecule has 0 radical (unpaired) electrons. The maximum atomic E-state index is 11.9. The van der Waals surface area contributed by atoms with Gasteiger partial charge < -0.3 is 10.4 Å². The summed E-state index contributed by atoms with van der Waals surface area (Å²) in [5.41, 5.74) is 1.54. The fourth-order valence-electron chi connectivity index (χ4n) is 1.12. The molecule has 1 aromatic carbocycles. The minimum atomic E-state index is -4.63. The molecule has 0 aromatic heterocycles. The molecular weight excluding hydrogens is 221 g/mol. The number of hydrogen-bond donors (Lipinski definition) is 3. The number of alkyl halides is 3. The van der Waals surface area contributed by atoms with Crippen molar-refractivity contribution in [2.75, 3.05) is 12.4 Å². The Bertz CT molecular complexity index is 324. The van der Waals surface area contributed by atoms with Gasteiger partial charge in [0.1, 0.15) is 0 Å². The van der Waals surface area contributed by atoms with Crippen molar-refractivity contribution in [3.63, 3.8) is 0 Å². The van der Waals surface area contributed by atoms with Gasteiger partial charge in [-0.2, -0.15) is 13.2 Å². The molecule has 1 unspecified atom stereocenters. The smallest absolute Gasteiger partial charge is 0.388 e. The molecule has 0 saturated heterocycles. The maximum Gasteiger partial charge on any atom is 0.427 e. The predicted molar refractivity (Wildman–Crippen MR) is 54.9 cm³/mol. The van der Waals surface area contributed by atoms with Crippen LogP contribution in [-0.4, -0.2) is 24.6 Å². The van der Waals surface area contributed by atoms with Crippen molar-refractivity contribution < 1.29 is 18.3 Å². The van der Waals surface area contributed by atoms with Crippen LogP contribution in [0.2, 0.25) is 0 Å². The molecule has 1 atom stereocenters. The average Bonchev–Trinajstić information content (AvgIpc) is 2.25. The molecule has 0 aliphatic carbocycles. The monoisotopic (exact) mass is 234 g/mol. The standard InChI is InChI=1S/C10H13F3N2O/c1-14-8-4-2-7(3-5-8)6-15-9(16)10(11,12)13/h2-5,9,14-16H,6H2,1H3. The Morgan fingerprint density at radius 3 is 2.25 bits per heavy atom. The second-order valence-electron chi connectivity index (χ2n) is 3.27. The number of hydrogen-bond acceptors (Lipinski definition) is 3. The van der Waals surface area contributed by atoms with E-state index in [1.54, 1.807) is 31.3 Å². The van der Waals surface area contributed by atoms with Gasteiger partial charge in [-0.25, -0.2) is 0 Å². The highest BCUT2D eigenvalue weighted by Gasteiger charge is 2.37. The summed E-state index contributed by atoms with van der Waals surface area (Å²) in [6, 6.07) is 6.86. The van der Waals surface area contributed by atoms with E-state index in [0.717, 1.165) is 5.69 Å². The van der Waals surface area contributed by atoms with E-state index >= 15 is 0 Å². The van der Waals surface area contributed by atoms with Crippen molar-refractivity contribution >= 4 is 5.69 Å². The van der Waals surface area contributed by atoms with Gasteiger partial charge in [-0.15, -0.1) is 0 Å². The zero-order chi connectivity index (χ0) is 12.2. The fraction of sp³-hybridized carbons (Fsp3) is 0.400.